The second-order valence-corrected chi connectivity index (χ2v) is 10.4. The van der Waals surface area contributed by atoms with Gasteiger partial charge in [-0.1, -0.05) is 63.6 Å². The van der Waals surface area contributed by atoms with Gasteiger partial charge in [-0.25, -0.2) is 4.79 Å². The fourth-order valence-electron chi connectivity index (χ4n) is 3.76. The van der Waals surface area contributed by atoms with Crippen LogP contribution >= 0.6 is 0 Å². The maximum atomic E-state index is 12.8. The third-order valence-electron chi connectivity index (χ3n) is 6.04. The van der Waals surface area contributed by atoms with Crippen LogP contribution in [0, 0.1) is 23.2 Å². The van der Waals surface area contributed by atoms with Gasteiger partial charge in [0.25, 0.3) is 0 Å². The van der Waals surface area contributed by atoms with Crippen LogP contribution in [0.1, 0.15) is 60.8 Å². The highest BCUT2D eigenvalue weighted by molar-refractivity contribution is 5.93. The van der Waals surface area contributed by atoms with Gasteiger partial charge in [0.05, 0.1) is 13.2 Å². The number of cyclic esters (lactones) is 1. The van der Waals surface area contributed by atoms with Crippen LogP contribution in [0.25, 0.3) is 0 Å². The first-order chi connectivity index (χ1) is 18.4. The number of amides is 2. The van der Waals surface area contributed by atoms with E-state index in [-0.39, 0.29) is 35.7 Å². The highest BCUT2D eigenvalue weighted by Gasteiger charge is 2.32. The molecule has 0 saturated carbocycles. The van der Waals surface area contributed by atoms with Crippen LogP contribution in [0.5, 0.6) is 0 Å². The van der Waals surface area contributed by atoms with Gasteiger partial charge in [-0.2, -0.15) is 0 Å². The van der Waals surface area contributed by atoms with Gasteiger partial charge >= 0.3 is 5.97 Å². The zero-order valence-electron chi connectivity index (χ0n) is 24.5. The Morgan fingerprint density at radius 3 is 2.51 bits per heavy atom. The number of hydrogen-bond donors (Lipinski definition) is 2. The molecule has 2 N–H and O–H groups in total. The maximum absolute atomic E-state index is 12.8. The molecule has 0 saturated heterocycles. The first kappa shape index (κ1) is 33.5. The van der Waals surface area contributed by atoms with Gasteiger partial charge in [0.15, 0.2) is 5.76 Å². The van der Waals surface area contributed by atoms with Crippen molar-refractivity contribution in [3.63, 3.8) is 0 Å². The number of methoxy groups -OCH3 is 2. The Morgan fingerprint density at radius 2 is 1.92 bits per heavy atom. The summed E-state index contributed by atoms with van der Waals surface area (Å²) in [5.74, 6) is 4.93. The lowest BCUT2D eigenvalue weighted by Crippen LogP contribution is -2.52. The summed E-state index contributed by atoms with van der Waals surface area (Å²) in [4.78, 5) is 37.2. The van der Waals surface area contributed by atoms with E-state index < -0.39 is 17.4 Å². The zero-order chi connectivity index (χ0) is 29.4. The molecule has 1 aliphatic rings. The first-order valence-electron chi connectivity index (χ1n) is 13.1. The molecule has 1 heterocycles. The molecular formula is C31H44N2O6. The van der Waals surface area contributed by atoms with Crippen LogP contribution in [-0.4, -0.2) is 50.3 Å². The van der Waals surface area contributed by atoms with Gasteiger partial charge in [0.1, 0.15) is 12.1 Å². The number of rotatable bonds is 13. The van der Waals surface area contributed by atoms with Crippen molar-refractivity contribution in [1.29, 1.82) is 0 Å². The molecule has 0 bridgehead atoms. The summed E-state index contributed by atoms with van der Waals surface area (Å²) in [6.07, 6.45) is 15.3. The first-order valence-corrected chi connectivity index (χ1v) is 13.1. The minimum absolute atomic E-state index is 0.00559. The van der Waals surface area contributed by atoms with Crippen molar-refractivity contribution >= 4 is 17.8 Å². The maximum Gasteiger partial charge on any atom is 0.373 e. The van der Waals surface area contributed by atoms with Crippen molar-refractivity contribution in [3.05, 3.63) is 60.1 Å². The molecule has 1 aliphatic heterocycles. The van der Waals surface area contributed by atoms with Crippen LogP contribution in [0.2, 0.25) is 0 Å². The Balaban J connectivity index is 2.66. The van der Waals surface area contributed by atoms with Gasteiger partial charge in [-0.05, 0) is 38.0 Å². The van der Waals surface area contributed by atoms with Gasteiger partial charge in [-0.3, -0.25) is 9.59 Å². The summed E-state index contributed by atoms with van der Waals surface area (Å²) in [5.41, 5.74) is 0.460. The molecule has 0 aliphatic carbocycles. The van der Waals surface area contributed by atoms with Crippen molar-refractivity contribution in [1.82, 2.24) is 10.6 Å². The lowest BCUT2D eigenvalue weighted by Gasteiger charge is -2.29. The SMILES string of the molecule is CC#CC[C@@H](C/C=C\NC(=O)[C@@H](NC(=O)\C=C/C=C\C(C)=C\[C@H](C)[C@@H]1CC=C(OC)C(=O)O1)C(C)(C)C)OC. The molecule has 0 fully saturated rings. The van der Waals surface area contributed by atoms with Crippen molar-refractivity contribution < 1.29 is 28.6 Å². The molecule has 8 nitrogen and oxygen atoms in total. The van der Waals surface area contributed by atoms with E-state index in [9.17, 15) is 14.4 Å². The van der Waals surface area contributed by atoms with Crippen molar-refractivity contribution in [2.75, 3.05) is 14.2 Å². The van der Waals surface area contributed by atoms with Gasteiger partial charge in [0.2, 0.25) is 11.8 Å². The molecule has 4 atom stereocenters. The molecule has 0 spiro atoms. The normalized spacial score (nSPS) is 18.7. The molecular weight excluding hydrogens is 496 g/mol. The Hall–Kier alpha value is -3.57. The summed E-state index contributed by atoms with van der Waals surface area (Å²) in [5, 5.41) is 5.55. The highest BCUT2D eigenvalue weighted by Crippen LogP contribution is 2.23. The summed E-state index contributed by atoms with van der Waals surface area (Å²) in [7, 11) is 3.08. The molecule has 39 heavy (non-hydrogen) atoms. The van der Waals surface area contributed by atoms with Crippen LogP contribution in [-0.2, 0) is 28.6 Å². The molecule has 0 aromatic heterocycles. The third kappa shape index (κ3) is 12.7. The van der Waals surface area contributed by atoms with Crippen LogP contribution in [0.15, 0.2) is 60.1 Å². The Morgan fingerprint density at radius 1 is 1.23 bits per heavy atom. The number of allylic oxidation sites excluding steroid dienone is 4. The molecule has 0 aromatic rings. The van der Waals surface area contributed by atoms with E-state index in [1.54, 1.807) is 38.5 Å². The Kier molecular flexibility index (Phi) is 14.7. The number of nitrogens with one attached hydrogen (secondary N) is 2. The molecule has 214 valence electrons. The molecule has 2 amide bonds. The van der Waals surface area contributed by atoms with Crippen LogP contribution in [0.3, 0.4) is 0 Å². The lowest BCUT2D eigenvalue weighted by molar-refractivity contribution is -0.151. The number of hydrogen-bond acceptors (Lipinski definition) is 6. The molecule has 0 unspecified atom stereocenters. The third-order valence-corrected chi connectivity index (χ3v) is 6.04. The summed E-state index contributed by atoms with van der Waals surface area (Å²) in [6, 6.07) is -0.735. The fourth-order valence-corrected chi connectivity index (χ4v) is 3.76. The van der Waals surface area contributed by atoms with E-state index in [0.717, 1.165) is 5.57 Å². The van der Waals surface area contributed by atoms with E-state index in [1.807, 2.05) is 52.8 Å². The van der Waals surface area contributed by atoms with Crippen molar-refractivity contribution in [2.24, 2.45) is 11.3 Å². The molecule has 0 aromatic carbocycles. The van der Waals surface area contributed by atoms with E-state index in [0.29, 0.717) is 19.3 Å². The average molecular weight is 541 g/mol. The minimum atomic E-state index is -0.735. The summed E-state index contributed by atoms with van der Waals surface area (Å²) < 4.78 is 15.8. The van der Waals surface area contributed by atoms with E-state index >= 15 is 0 Å². The predicted octanol–water partition coefficient (Wildman–Crippen LogP) is 4.51. The standard InChI is InChI=1S/C31H44N2O6/c1-9-10-15-24(37-7)16-13-20-32-29(35)28(31(4,5)6)33-27(34)17-12-11-14-22(2)21-23(3)25-18-19-26(38-8)30(36)39-25/h11-14,17,19-21,23-25,28H,15-16,18H2,1-8H3,(H,32,35)(H,33,34)/b14-11-,17-12-,20-13-,22-21+/t23-,24-,25-,28+/m0/s1. The molecule has 1 rings (SSSR count). The highest BCUT2D eigenvalue weighted by atomic mass is 16.6. The lowest BCUT2D eigenvalue weighted by atomic mass is 9.86. The zero-order valence-corrected chi connectivity index (χ0v) is 24.5. The second kappa shape index (κ2) is 17.1. The van der Waals surface area contributed by atoms with E-state index in [1.165, 1.54) is 13.2 Å². The van der Waals surface area contributed by atoms with Gasteiger partial charge < -0.3 is 24.8 Å². The van der Waals surface area contributed by atoms with Crippen LogP contribution < -0.4 is 10.6 Å². The largest absolute Gasteiger partial charge is 0.490 e. The van der Waals surface area contributed by atoms with E-state index in [2.05, 4.69) is 22.5 Å². The van der Waals surface area contributed by atoms with Crippen LogP contribution in [0.4, 0.5) is 0 Å². The van der Waals surface area contributed by atoms with Gasteiger partial charge in [-0.15, -0.1) is 11.8 Å². The Labute approximate surface area is 233 Å². The number of esters is 1. The van der Waals surface area contributed by atoms with Gasteiger partial charge in [0, 0.05) is 31.9 Å². The summed E-state index contributed by atoms with van der Waals surface area (Å²) in [6.45, 7) is 11.4. The fraction of sp³-hybridized carbons (Fsp3) is 0.516. The van der Waals surface area contributed by atoms with E-state index in [4.69, 9.17) is 14.2 Å². The monoisotopic (exact) mass is 540 g/mol. The Bertz CT molecular complexity index is 1050. The molecule has 8 heteroatoms. The minimum Gasteiger partial charge on any atom is -0.490 e. The quantitative estimate of drug-likeness (QED) is 0.154. The number of ether oxygens (including phenoxy) is 3. The number of carbonyl (C=O) groups is 3. The van der Waals surface area contributed by atoms with Crippen molar-refractivity contribution in [3.8, 4) is 11.8 Å². The average Bonchev–Trinajstić information content (AvgIpc) is 2.88. The van der Waals surface area contributed by atoms with Crippen molar-refractivity contribution in [2.45, 2.75) is 79.1 Å². The summed E-state index contributed by atoms with van der Waals surface area (Å²) >= 11 is 0. The topological polar surface area (TPSA) is 103 Å². The smallest absolute Gasteiger partial charge is 0.373 e. The molecule has 0 radical (unpaired) electrons. The number of carbonyl (C=O) groups excluding carboxylic acids is 3. The predicted molar refractivity (Wildman–Crippen MR) is 153 cm³/mol. The second-order valence-electron chi connectivity index (χ2n) is 10.4.